The molecule has 1 aromatic carbocycles. The molecule has 1 rings (SSSR count). The number of benzene rings is 1. The molecule has 0 heterocycles. The van der Waals surface area contributed by atoms with Gasteiger partial charge in [-0.1, -0.05) is 26.8 Å². The molecule has 1 aromatic rings. The van der Waals surface area contributed by atoms with Crippen molar-refractivity contribution >= 4 is 16.1 Å². The lowest BCUT2D eigenvalue weighted by Crippen LogP contribution is -2.41. The molecule has 6 nitrogen and oxygen atoms in total. The highest BCUT2D eigenvalue weighted by molar-refractivity contribution is 7.85. The van der Waals surface area contributed by atoms with Crippen LogP contribution in [0.2, 0.25) is 0 Å². The zero-order valence-electron chi connectivity index (χ0n) is 12.9. The number of aryl methyl sites for hydroxylation is 2. The van der Waals surface area contributed by atoms with Gasteiger partial charge in [0.2, 0.25) is 0 Å². The van der Waals surface area contributed by atoms with Crippen molar-refractivity contribution in [1.29, 1.82) is 0 Å². The van der Waals surface area contributed by atoms with Crippen LogP contribution in [-0.4, -0.2) is 30.1 Å². The van der Waals surface area contributed by atoms with Gasteiger partial charge in [0, 0.05) is 0 Å². The first-order valence-corrected chi connectivity index (χ1v) is 7.74. The van der Waals surface area contributed by atoms with Crippen LogP contribution in [0.4, 0.5) is 0 Å². The molecule has 0 aliphatic carbocycles. The van der Waals surface area contributed by atoms with E-state index in [0.29, 0.717) is 0 Å². The van der Waals surface area contributed by atoms with Gasteiger partial charge in [-0.25, -0.2) is 0 Å². The average Bonchev–Trinajstić information content (AvgIpc) is 2.29. The number of carboxylic acids is 1. The highest BCUT2D eigenvalue weighted by atomic mass is 32.2. The third-order valence-electron chi connectivity index (χ3n) is 2.98. The smallest absolute Gasteiger partial charge is 0.321 e. The fraction of sp³-hybridized carbons (Fsp3) is 0.500. The monoisotopic (exact) mass is 317 g/mol. The minimum atomic E-state index is -4.04. The van der Waals surface area contributed by atoms with Gasteiger partial charge >= 0.3 is 5.97 Å². The second-order valence-corrected chi connectivity index (χ2v) is 7.32. The average molecular weight is 317 g/mol. The number of rotatable bonds is 2. The second kappa shape index (κ2) is 7.02. The van der Waals surface area contributed by atoms with E-state index >= 15 is 0 Å². The van der Waals surface area contributed by atoms with E-state index in [4.69, 9.17) is 15.4 Å². The number of carboxylic acid groups (broad SMARTS) is 1. The molecule has 0 unspecified atom stereocenters. The van der Waals surface area contributed by atoms with E-state index in [1.807, 2.05) is 6.92 Å². The molecule has 0 saturated heterocycles. The molecule has 0 aliphatic heterocycles. The van der Waals surface area contributed by atoms with Crippen LogP contribution in [0.5, 0.6) is 0 Å². The molecule has 21 heavy (non-hydrogen) atoms. The van der Waals surface area contributed by atoms with Gasteiger partial charge in [-0.15, -0.1) is 0 Å². The fourth-order valence-corrected chi connectivity index (χ4v) is 1.81. The van der Waals surface area contributed by atoms with E-state index in [0.717, 1.165) is 11.1 Å². The predicted molar refractivity (Wildman–Crippen MR) is 80.8 cm³/mol. The number of carbonyl (C=O) groups is 1. The van der Waals surface area contributed by atoms with Crippen molar-refractivity contribution in [2.75, 3.05) is 0 Å². The first kappa shape index (κ1) is 19.6. The third-order valence-corrected chi connectivity index (χ3v) is 3.82. The van der Waals surface area contributed by atoms with Crippen molar-refractivity contribution in [3.05, 3.63) is 29.3 Å². The first-order valence-electron chi connectivity index (χ1n) is 6.30. The van der Waals surface area contributed by atoms with Gasteiger partial charge in [-0.05, 0) is 42.5 Å². The Hall–Kier alpha value is -1.44. The third kappa shape index (κ3) is 6.70. The molecular weight excluding hydrogens is 294 g/mol. The Kier molecular flexibility index (Phi) is 6.54. The number of nitrogens with two attached hydrogens (primary N) is 1. The van der Waals surface area contributed by atoms with Crippen LogP contribution in [0.3, 0.4) is 0 Å². The first-order chi connectivity index (χ1) is 9.26. The maximum absolute atomic E-state index is 10.7. The Bertz CT molecular complexity index is 602. The summed E-state index contributed by atoms with van der Waals surface area (Å²) in [6, 6.07) is 3.73. The molecule has 0 amide bonds. The van der Waals surface area contributed by atoms with Gasteiger partial charge < -0.3 is 10.8 Å². The summed E-state index contributed by atoms with van der Waals surface area (Å²) in [5, 5.41) is 8.39. The zero-order valence-corrected chi connectivity index (χ0v) is 13.7. The summed E-state index contributed by atoms with van der Waals surface area (Å²) in [6.07, 6.45) is 0. The summed E-state index contributed by atoms with van der Waals surface area (Å²) in [7, 11) is -4.04. The topological polar surface area (TPSA) is 118 Å². The van der Waals surface area contributed by atoms with Crippen LogP contribution in [-0.2, 0) is 14.9 Å². The summed E-state index contributed by atoms with van der Waals surface area (Å²) in [5.74, 6) is -0.942. The maximum atomic E-state index is 10.7. The summed E-state index contributed by atoms with van der Waals surface area (Å²) in [6.45, 7) is 9.07. The van der Waals surface area contributed by atoms with Crippen molar-refractivity contribution in [2.24, 2.45) is 11.1 Å². The van der Waals surface area contributed by atoms with Crippen LogP contribution in [0, 0.1) is 19.3 Å². The van der Waals surface area contributed by atoms with Gasteiger partial charge in [0.15, 0.2) is 0 Å². The zero-order chi connectivity index (χ0) is 17.0. The number of hydrogen-bond donors (Lipinski definition) is 3. The van der Waals surface area contributed by atoms with Crippen molar-refractivity contribution in [3.8, 4) is 0 Å². The molecule has 4 N–H and O–H groups in total. The second-order valence-electron chi connectivity index (χ2n) is 5.90. The standard InChI is InChI=1S/C8H10O3S.C6H13NO2/c1-6-3-4-8(5-7(6)2)12(9,10)11;1-6(2,3)4(7)5(8)9/h3-5H,1-2H3,(H,9,10,11);4H,7H2,1-3H3,(H,8,9)/t;4-/m.1/s1. The lowest BCUT2D eigenvalue weighted by atomic mass is 9.88. The van der Waals surface area contributed by atoms with Crippen molar-refractivity contribution in [3.63, 3.8) is 0 Å². The van der Waals surface area contributed by atoms with E-state index in [9.17, 15) is 13.2 Å². The van der Waals surface area contributed by atoms with Crippen molar-refractivity contribution in [1.82, 2.24) is 0 Å². The lowest BCUT2D eigenvalue weighted by molar-refractivity contribution is -0.141. The molecule has 0 fully saturated rings. The van der Waals surface area contributed by atoms with Crippen LogP contribution in [0.25, 0.3) is 0 Å². The van der Waals surface area contributed by atoms with Crippen LogP contribution >= 0.6 is 0 Å². The predicted octanol–water partition coefficient (Wildman–Crippen LogP) is 1.99. The molecule has 0 radical (unpaired) electrons. The minimum Gasteiger partial charge on any atom is -0.480 e. The maximum Gasteiger partial charge on any atom is 0.321 e. The molecule has 0 spiro atoms. The van der Waals surface area contributed by atoms with Crippen molar-refractivity contribution in [2.45, 2.75) is 45.6 Å². The van der Waals surface area contributed by atoms with Gasteiger partial charge in [-0.3, -0.25) is 9.35 Å². The summed E-state index contributed by atoms with van der Waals surface area (Å²) < 4.78 is 30.0. The fourth-order valence-electron chi connectivity index (χ4n) is 1.24. The normalized spacial score (nSPS) is 13.1. The number of hydrogen-bond acceptors (Lipinski definition) is 4. The Morgan fingerprint density at radius 1 is 1.19 bits per heavy atom. The van der Waals surface area contributed by atoms with Gasteiger partial charge in [-0.2, -0.15) is 8.42 Å². The summed E-state index contributed by atoms with van der Waals surface area (Å²) >= 11 is 0. The molecule has 0 saturated carbocycles. The molecule has 0 aliphatic rings. The summed E-state index contributed by atoms with van der Waals surface area (Å²) in [5.41, 5.74) is 6.81. The van der Waals surface area contributed by atoms with E-state index in [1.54, 1.807) is 33.8 Å². The van der Waals surface area contributed by atoms with Crippen LogP contribution in [0.1, 0.15) is 31.9 Å². The minimum absolute atomic E-state index is 0.0504. The van der Waals surface area contributed by atoms with Gasteiger partial charge in [0.1, 0.15) is 6.04 Å². The molecular formula is C14H23NO5S. The lowest BCUT2D eigenvalue weighted by Gasteiger charge is -2.22. The molecule has 0 bridgehead atoms. The highest BCUT2D eigenvalue weighted by Crippen LogP contribution is 2.16. The van der Waals surface area contributed by atoms with E-state index < -0.39 is 22.1 Å². The summed E-state index contributed by atoms with van der Waals surface area (Å²) in [4.78, 5) is 10.2. The van der Waals surface area contributed by atoms with Crippen LogP contribution < -0.4 is 5.73 Å². The molecule has 1 atom stereocenters. The van der Waals surface area contributed by atoms with Crippen LogP contribution in [0.15, 0.2) is 23.1 Å². The van der Waals surface area contributed by atoms with E-state index in [2.05, 4.69) is 0 Å². The Labute approximate surface area is 125 Å². The molecule has 0 aromatic heterocycles. The Balaban J connectivity index is 0.000000400. The molecule has 120 valence electrons. The molecule has 7 heteroatoms. The quantitative estimate of drug-likeness (QED) is 0.718. The Morgan fingerprint density at radius 2 is 1.67 bits per heavy atom. The largest absolute Gasteiger partial charge is 0.480 e. The van der Waals surface area contributed by atoms with Gasteiger partial charge in [0.05, 0.1) is 4.90 Å². The SMILES string of the molecule is CC(C)(C)[C@H](N)C(=O)O.Cc1ccc(S(=O)(=O)O)cc1C. The van der Waals surface area contributed by atoms with Gasteiger partial charge in [0.25, 0.3) is 10.1 Å². The highest BCUT2D eigenvalue weighted by Gasteiger charge is 2.26. The Morgan fingerprint density at radius 3 is 1.90 bits per heavy atom. The van der Waals surface area contributed by atoms with E-state index in [1.165, 1.54) is 12.1 Å². The van der Waals surface area contributed by atoms with E-state index in [-0.39, 0.29) is 10.3 Å². The number of aliphatic carboxylic acids is 1. The van der Waals surface area contributed by atoms with Crippen molar-refractivity contribution < 1.29 is 22.9 Å².